The molecule has 1 fully saturated rings. The minimum atomic E-state index is -0.465. The Bertz CT molecular complexity index is 1060. The fourth-order valence-electron chi connectivity index (χ4n) is 4.13. The molecule has 1 amide bonds. The van der Waals surface area contributed by atoms with Crippen LogP contribution in [0.5, 0.6) is 0 Å². The molecule has 36 heavy (non-hydrogen) atoms. The molecule has 0 saturated carbocycles. The second kappa shape index (κ2) is 12.8. The molecule has 0 bridgehead atoms. The molecular weight excluding hydrogens is 462 g/mol. The van der Waals surface area contributed by atoms with Gasteiger partial charge >= 0.3 is 5.97 Å². The van der Waals surface area contributed by atoms with Crippen molar-refractivity contribution in [2.45, 2.75) is 45.3 Å². The lowest BCUT2D eigenvalue weighted by Crippen LogP contribution is -2.43. The van der Waals surface area contributed by atoms with E-state index < -0.39 is 11.9 Å². The smallest absolute Gasteiger partial charge is 0.332 e. The third-order valence-corrected chi connectivity index (χ3v) is 6.29. The summed E-state index contributed by atoms with van der Waals surface area (Å²) in [5.41, 5.74) is 7.43. The third kappa shape index (κ3) is 7.39. The van der Waals surface area contributed by atoms with Gasteiger partial charge in [0.05, 0.1) is 6.10 Å². The van der Waals surface area contributed by atoms with Crippen LogP contribution in [0, 0.1) is 5.92 Å². The summed E-state index contributed by atoms with van der Waals surface area (Å²) < 4.78 is 11.2. The number of rotatable bonds is 10. The normalized spacial score (nSPS) is 16.3. The molecule has 1 saturated heterocycles. The highest BCUT2D eigenvalue weighted by Crippen LogP contribution is 2.20. The quantitative estimate of drug-likeness (QED) is 0.129. The van der Waals surface area contributed by atoms with Crippen molar-refractivity contribution in [1.82, 2.24) is 4.90 Å². The van der Waals surface area contributed by atoms with E-state index in [1.54, 1.807) is 36.1 Å². The van der Waals surface area contributed by atoms with Crippen LogP contribution < -0.4 is 5.73 Å². The van der Waals surface area contributed by atoms with Gasteiger partial charge < -0.3 is 25.3 Å². The lowest BCUT2D eigenvalue weighted by Gasteiger charge is -2.33. The van der Waals surface area contributed by atoms with Gasteiger partial charge in [0.25, 0.3) is 0 Å². The summed E-state index contributed by atoms with van der Waals surface area (Å²) in [6.07, 6.45) is 0.839. The van der Waals surface area contributed by atoms with Gasteiger partial charge in [-0.3, -0.25) is 9.59 Å². The predicted molar refractivity (Wildman–Crippen MR) is 134 cm³/mol. The second-order valence-electron chi connectivity index (χ2n) is 8.97. The summed E-state index contributed by atoms with van der Waals surface area (Å²) in [6.45, 7) is 4.45. The average molecular weight is 496 g/mol. The van der Waals surface area contributed by atoms with Gasteiger partial charge in [-0.25, -0.2) is 4.79 Å². The fraction of sp³-hybridized carbons (Fsp3) is 0.407. The highest BCUT2D eigenvalue weighted by molar-refractivity contribution is 6.01. The van der Waals surface area contributed by atoms with E-state index in [0.717, 1.165) is 5.56 Å². The van der Waals surface area contributed by atoms with Gasteiger partial charge in [0, 0.05) is 36.6 Å². The molecule has 1 heterocycles. The number of nitrogens with zero attached hydrogens (tertiary/aromatic N) is 2. The van der Waals surface area contributed by atoms with Gasteiger partial charge in [-0.15, -0.1) is 0 Å². The van der Waals surface area contributed by atoms with Crippen molar-refractivity contribution in [2.75, 3.05) is 19.7 Å². The van der Waals surface area contributed by atoms with Crippen molar-refractivity contribution in [3.8, 4) is 0 Å². The zero-order valence-corrected chi connectivity index (χ0v) is 20.6. The molecule has 0 radical (unpaired) electrons. The summed E-state index contributed by atoms with van der Waals surface area (Å²) >= 11 is 0. The average Bonchev–Trinajstić information content (AvgIpc) is 2.91. The number of likely N-dealkylation sites (tertiary alicyclic amines) is 1. The second-order valence-corrected chi connectivity index (χ2v) is 8.97. The maximum absolute atomic E-state index is 12.9. The molecule has 192 valence electrons. The van der Waals surface area contributed by atoms with E-state index in [1.807, 2.05) is 37.3 Å². The Balaban J connectivity index is 1.39. The van der Waals surface area contributed by atoms with Crippen molar-refractivity contribution in [3.63, 3.8) is 0 Å². The number of piperidine rings is 1. The highest BCUT2D eigenvalue weighted by atomic mass is 16.6. The van der Waals surface area contributed by atoms with Crippen LogP contribution in [0.2, 0.25) is 0 Å². The first-order valence-corrected chi connectivity index (χ1v) is 12.0. The van der Waals surface area contributed by atoms with Crippen LogP contribution in [0.3, 0.4) is 0 Å². The van der Waals surface area contributed by atoms with Crippen molar-refractivity contribution in [1.29, 1.82) is 0 Å². The number of oxime groups is 1. The number of ether oxygens (including phenoxy) is 2. The first-order chi connectivity index (χ1) is 17.3. The molecule has 2 aromatic rings. The molecular formula is C27H33N3O6. The largest absolute Gasteiger partial charge is 0.456 e. The molecule has 0 aliphatic carbocycles. The number of benzene rings is 2. The molecule has 3 rings (SSSR count). The molecule has 3 N–H and O–H groups in total. The minimum absolute atomic E-state index is 0.0384. The summed E-state index contributed by atoms with van der Waals surface area (Å²) in [5, 5.41) is 11.7. The van der Waals surface area contributed by atoms with E-state index in [4.69, 9.17) is 20.4 Å². The van der Waals surface area contributed by atoms with Crippen LogP contribution >= 0.6 is 0 Å². The maximum atomic E-state index is 12.9. The number of amidine groups is 1. The van der Waals surface area contributed by atoms with Gasteiger partial charge in [-0.1, -0.05) is 66.7 Å². The first-order valence-electron chi connectivity index (χ1n) is 12.0. The molecule has 1 aliphatic heterocycles. The van der Waals surface area contributed by atoms with E-state index in [0.29, 0.717) is 37.1 Å². The number of amides is 1. The number of carbonyl (C=O) groups is 3. The van der Waals surface area contributed by atoms with E-state index in [9.17, 15) is 14.4 Å². The molecule has 1 aliphatic rings. The van der Waals surface area contributed by atoms with E-state index >= 15 is 0 Å². The number of nitrogens with two attached hydrogens (primary N) is 1. The zero-order valence-electron chi connectivity index (χ0n) is 20.6. The first kappa shape index (κ1) is 26.9. The molecule has 2 atom stereocenters. The SMILES string of the molecule is C[C@H](CC(=O)c1ccc(/C(N)=N/O)cc1)C(=O)N1CCC(OCC(=O)O[C@@H](C)c2ccccc2)CC1. The fourth-order valence-corrected chi connectivity index (χ4v) is 4.13. The van der Waals surface area contributed by atoms with E-state index in [2.05, 4.69) is 5.16 Å². The molecule has 9 heteroatoms. The summed E-state index contributed by atoms with van der Waals surface area (Å²) in [7, 11) is 0. The Hall–Kier alpha value is -3.72. The molecule has 0 unspecified atom stereocenters. The van der Waals surface area contributed by atoms with E-state index in [1.165, 1.54) is 0 Å². The van der Waals surface area contributed by atoms with Crippen LogP contribution in [-0.4, -0.2) is 59.4 Å². The van der Waals surface area contributed by atoms with Crippen molar-refractivity contribution < 1.29 is 29.1 Å². The van der Waals surface area contributed by atoms with Crippen molar-refractivity contribution >= 4 is 23.5 Å². The standard InChI is InChI=1S/C27H33N3O6/c1-18(16-24(31)21-8-10-22(11-9-21)26(28)29-34)27(33)30-14-12-23(13-15-30)35-17-25(32)36-19(2)20-6-4-3-5-7-20/h3-11,18-19,23,34H,12-17H2,1-2H3,(H2,28,29)/t18-,19+/m1/s1. The van der Waals surface area contributed by atoms with Gasteiger partial charge in [0.15, 0.2) is 11.6 Å². The lowest BCUT2D eigenvalue weighted by molar-refractivity contribution is -0.157. The topological polar surface area (TPSA) is 132 Å². The van der Waals surface area contributed by atoms with Crippen LogP contribution in [0.15, 0.2) is 59.8 Å². The molecule has 0 aromatic heterocycles. The Labute approximate surface area is 210 Å². The van der Waals surface area contributed by atoms with Crippen LogP contribution in [-0.2, 0) is 19.1 Å². The van der Waals surface area contributed by atoms with Gasteiger partial charge in [-0.05, 0) is 25.3 Å². The predicted octanol–water partition coefficient (Wildman–Crippen LogP) is 3.30. The number of Topliss-reactive ketones (excluding diaryl/α,β-unsaturated/α-hetero) is 1. The summed E-state index contributed by atoms with van der Waals surface area (Å²) in [4.78, 5) is 39.4. The Morgan fingerprint density at radius 2 is 1.64 bits per heavy atom. The number of ketones is 1. The van der Waals surface area contributed by atoms with Crippen LogP contribution in [0.1, 0.15) is 60.7 Å². The third-order valence-electron chi connectivity index (χ3n) is 6.29. The van der Waals surface area contributed by atoms with Gasteiger partial charge in [0.1, 0.15) is 12.7 Å². The zero-order chi connectivity index (χ0) is 26.1. The Kier molecular flexibility index (Phi) is 9.58. The molecule has 9 nitrogen and oxygen atoms in total. The number of hydrogen-bond donors (Lipinski definition) is 2. The van der Waals surface area contributed by atoms with E-state index in [-0.39, 0.29) is 42.8 Å². The Morgan fingerprint density at radius 3 is 2.25 bits per heavy atom. The molecule has 0 spiro atoms. The van der Waals surface area contributed by atoms with Crippen molar-refractivity contribution in [2.24, 2.45) is 16.8 Å². The number of carbonyl (C=O) groups excluding carboxylic acids is 3. The van der Waals surface area contributed by atoms with Crippen LogP contribution in [0.4, 0.5) is 0 Å². The number of esters is 1. The number of hydrogen-bond acceptors (Lipinski definition) is 7. The van der Waals surface area contributed by atoms with Crippen molar-refractivity contribution in [3.05, 3.63) is 71.3 Å². The van der Waals surface area contributed by atoms with Gasteiger partial charge in [0.2, 0.25) is 5.91 Å². The Morgan fingerprint density at radius 1 is 1.03 bits per heavy atom. The summed E-state index contributed by atoms with van der Waals surface area (Å²) in [5.74, 6) is -1.15. The maximum Gasteiger partial charge on any atom is 0.332 e. The molecule has 2 aromatic carbocycles. The lowest BCUT2D eigenvalue weighted by atomic mass is 9.96. The van der Waals surface area contributed by atoms with Crippen LogP contribution in [0.25, 0.3) is 0 Å². The monoisotopic (exact) mass is 495 g/mol. The summed E-state index contributed by atoms with van der Waals surface area (Å²) in [6, 6.07) is 15.9. The highest BCUT2D eigenvalue weighted by Gasteiger charge is 2.28. The minimum Gasteiger partial charge on any atom is -0.456 e. The van der Waals surface area contributed by atoms with Gasteiger partial charge in [-0.2, -0.15) is 0 Å².